The van der Waals surface area contributed by atoms with Crippen LogP contribution in [-0.4, -0.2) is 38.9 Å². The molecule has 1 aromatic carbocycles. The zero-order chi connectivity index (χ0) is 18.1. The van der Waals surface area contributed by atoms with E-state index in [4.69, 9.17) is 17.0 Å². The lowest BCUT2D eigenvalue weighted by molar-refractivity contribution is -0.146. The zero-order valence-corrected chi connectivity index (χ0v) is 15.4. The van der Waals surface area contributed by atoms with Crippen LogP contribution in [0.15, 0.2) is 40.8 Å². The molecule has 0 spiro atoms. The summed E-state index contributed by atoms with van der Waals surface area (Å²) in [5, 5.41) is 9.44. The Morgan fingerprint density at radius 3 is 2.80 bits per heavy atom. The van der Waals surface area contributed by atoms with Crippen molar-refractivity contribution in [2.75, 3.05) is 6.61 Å². The normalized spacial score (nSPS) is 19.7. The molecule has 25 heavy (non-hydrogen) atoms. The molecule has 0 bridgehead atoms. The van der Waals surface area contributed by atoms with Crippen LogP contribution < -0.4 is 4.74 Å². The molecule has 0 aliphatic carbocycles. The van der Waals surface area contributed by atoms with Gasteiger partial charge in [-0.05, 0) is 29.7 Å². The molecule has 0 aromatic heterocycles. The van der Waals surface area contributed by atoms with Crippen molar-refractivity contribution in [1.82, 2.24) is 4.90 Å². The highest BCUT2D eigenvalue weighted by atomic mass is 32.2. The smallest absolute Gasteiger partial charge is 0.327 e. The van der Waals surface area contributed by atoms with E-state index in [1.54, 1.807) is 19.9 Å². The molecule has 1 atom stereocenters. The van der Waals surface area contributed by atoms with Gasteiger partial charge in [-0.3, -0.25) is 9.69 Å². The molecule has 1 fully saturated rings. The number of carbonyl (C=O) groups is 2. The van der Waals surface area contributed by atoms with Crippen molar-refractivity contribution in [1.29, 1.82) is 0 Å². The van der Waals surface area contributed by atoms with Crippen LogP contribution >= 0.6 is 24.0 Å². The summed E-state index contributed by atoms with van der Waals surface area (Å²) in [5.41, 5.74) is 1.79. The van der Waals surface area contributed by atoms with Gasteiger partial charge < -0.3 is 9.84 Å². The summed E-state index contributed by atoms with van der Waals surface area (Å²) in [4.78, 5) is 25.9. The lowest BCUT2D eigenvalue weighted by Gasteiger charge is -2.26. The van der Waals surface area contributed by atoms with Crippen LogP contribution in [0.1, 0.15) is 19.4 Å². The first-order valence-electron chi connectivity index (χ1n) is 7.80. The lowest BCUT2D eigenvalue weighted by atomic mass is 10.0. The molecule has 1 N–H and O–H groups in total. The predicted octanol–water partition coefficient (Wildman–Crippen LogP) is 3.32. The van der Waals surface area contributed by atoms with Crippen LogP contribution in [0.25, 0.3) is 6.08 Å². The number of nitrogens with zero attached hydrogens (tertiary/aromatic N) is 1. The summed E-state index contributed by atoms with van der Waals surface area (Å²) in [5.74, 6) is -0.862. The maximum absolute atomic E-state index is 12.7. The fourth-order valence-corrected chi connectivity index (χ4v) is 4.14. The third-order valence-electron chi connectivity index (χ3n) is 3.96. The molecule has 1 amide bonds. The number of carboxylic acids is 1. The lowest BCUT2D eigenvalue weighted by Crippen LogP contribution is -2.47. The van der Waals surface area contributed by atoms with E-state index in [1.165, 1.54) is 4.90 Å². The Morgan fingerprint density at radius 1 is 1.40 bits per heavy atom. The van der Waals surface area contributed by atoms with Crippen LogP contribution in [0.2, 0.25) is 0 Å². The van der Waals surface area contributed by atoms with Crippen molar-refractivity contribution in [2.45, 2.75) is 19.9 Å². The molecule has 2 aliphatic heterocycles. The van der Waals surface area contributed by atoms with Crippen LogP contribution in [0.5, 0.6) is 5.75 Å². The molecule has 3 rings (SSSR count). The molecule has 1 aromatic rings. The van der Waals surface area contributed by atoms with Crippen LogP contribution in [0, 0.1) is 5.92 Å². The van der Waals surface area contributed by atoms with Crippen molar-refractivity contribution < 1.29 is 19.4 Å². The Hall–Kier alpha value is -2.12. The van der Waals surface area contributed by atoms with E-state index in [9.17, 15) is 14.7 Å². The second kappa shape index (κ2) is 7.01. The van der Waals surface area contributed by atoms with E-state index in [-0.39, 0.29) is 16.1 Å². The maximum atomic E-state index is 12.7. The van der Waals surface area contributed by atoms with Crippen molar-refractivity contribution in [3.8, 4) is 5.75 Å². The first-order chi connectivity index (χ1) is 11.9. The number of aliphatic carboxylic acids is 1. The summed E-state index contributed by atoms with van der Waals surface area (Å²) >= 11 is 6.38. The van der Waals surface area contributed by atoms with Gasteiger partial charge in [-0.15, -0.1) is 0 Å². The van der Waals surface area contributed by atoms with E-state index in [2.05, 4.69) is 0 Å². The van der Waals surface area contributed by atoms with Gasteiger partial charge >= 0.3 is 5.97 Å². The third-order valence-corrected chi connectivity index (χ3v) is 5.29. The number of thioether (sulfide) groups is 1. The second-order valence-electron chi connectivity index (χ2n) is 6.12. The zero-order valence-electron chi connectivity index (χ0n) is 13.8. The van der Waals surface area contributed by atoms with E-state index in [1.807, 2.05) is 30.3 Å². The molecule has 5 nitrogen and oxygen atoms in total. The van der Waals surface area contributed by atoms with Crippen molar-refractivity contribution in [2.24, 2.45) is 5.92 Å². The Balaban J connectivity index is 1.89. The quantitative estimate of drug-likeness (QED) is 0.643. The van der Waals surface area contributed by atoms with E-state index in [0.717, 1.165) is 28.6 Å². The number of hydrogen-bond donors (Lipinski definition) is 1. The molecule has 2 aliphatic rings. The fourth-order valence-electron chi connectivity index (χ4n) is 2.80. The minimum atomic E-state index is -1.05. The van der Waals surface area contributed by atoms with Crippen LogP contribution in [-0.2, 0) is 9.59 Å². The standard InChI is InChI=1S/C18H17NO4S2/c1-10(2)15(17(21)22)19-16(20)14(25-18(19)24)8-11-7-12-5-3-4-6-13(12)23-9-11/h3-8,10,15H,9H2,1-2H3,(H,21,22)/b14-8+. The number of rotatable bonds is 4. The van der Waals surface area contributed by atoms with E-state index >= 15 is 0 Å². The van der Waals surface area contributed by atoms with Crippen molar-refractivity contribution in [3.63, 3.8) is 0 Å². The number of amides is 1. The molecular weight excluding hydrogens is 358 g/mol. The number of fused-ring (bicyclic) bond motifs is 1. The molecule has 0 saturated carbocycles. The molecule has 130 valence electrons. The average molecular weight is 375 g/mol. The van der Waals surface area contributed by atoms with Gasteiger partial charge in [-0.1, -0.05) is 56.0 Å². The van der Waals surface area contributed by atoms with Crippen molar-refractivity contribution in [3.05, 3.63) is 46.4 Å². The first kappa shape index (κ1) is 17.7. The third kappa shape index (κ3) is 3.48. The number of thiocarbonyl (C=S) groups is 1. The van der Waals surface area contributed by atoms with Crippen LogP contribution in [0.4, 0.5) is 0 Å². The summed E-state index contributed by atoms with van der Waals surface area (Å²) < 4.78 is 5.96. The highest BCUT2D eigenvalue weighted by Crippen LogP contribution is 2.36. The van der Waals surface area contributed by atoms with Crippen molar-refractivity contribution >= 4 is 46.3 Å². The molecule has 1 unspecified atom stereocenters. The van der Waals surface area contributed by atoms with Gasteiger partial charge in [0.1, 0.15) is 22.7 Å². The van der Waals surface area contributed by atoms with Gasteiger partial charge in [0.05, 0.1) is 4.91 Å². The fraction of sp³-hybridized carbons (Fsp3) is 0.278. The highest BCUT2D eigenvalue weighted by Gasteiger charge is 2.42. The first-order valence-corrected chi connectivity index (χ1v) is 9.03. The number of carbonyl (C=O) groups excluding carboxylic acids is 1. The topological polar surface area (TPSA) is 66.8 Å². The second-order valence-corrected chi connectivity index (χ2v) is 7.80. The largest absolute Gasteiger partial charge is 0.488 e. The minimum Gasteiger partial charge on any atom is -0.488 e. The number of carboxylic acid groups (broad SMARTS) is 1. The predicted molar refractivity (Wildman–Crippen MR) is 101 cm³/mol. The maximum Gasteiger partial charge on any atom is 0.327 e. The highest BCUT2D eigenvalue weighted by molar-refractivity contribution is 8.26. The van der Waals surface area contributed by atoms with Gasteiger partial charge in [0.25, 0.3) is 5.91 Å². The molecule has 1 saturated heterocycles. The van der Waals surface area contributed by atoms with Gasteiger partial charge in [0.15, 0.2) is 0 Å². The Kier molecular flexibility index (Phi) is 4.96. The van der Waals surface area contributed by atoms with Gasteiger partial charge in [0.2, 0.25) is 0 Å². The molecule has 0 radical (unpaired) electrons. The van der Waals surface area contributed by atoms with Gasteiger partial charge in [-0.2, -0.15) is 0 Å². The minimum absolute atomic E-state index is 0.247. The molecular formula is C18H17NO4S2. The number of hydrogen-bond acceptors (Lipinski definition) is 5. The molecule has 2 heterocycles. The number of para-hydroxylation sites is 1. The average Bonchev–Trinajstić information content (AvgIpc) is 2.82. The SMILES string of the molecule is CC(C)C(C(=O)O)N1C(=O)/C(=C\C2=Cc3ccccc3OC2)SC1=S. The number of benzene rings is 1. The van der Waals surface area contributed by atoms with Gasteiger partial charge in [0, 0.05) is 5.56 Å². The van der Waals surface area contributed by atoms with E-state index < -0.39 is 12.0 Å². The summed E-state index contributed by atoms with van der Waals surface area (Å²) in [7, 11) is 0. The Labute approximate surface area is 155 Å². The summed E-state index contributed by atoms with van der Waals surface area (Å²) in [6, 6.07) is 6.69. The summed E-state index contributed by atoms with van der Waals surface area (Å²) in [6.45, 7) is 3.87. The molecule has 7 heteroatoms. The Bertz CT molecular complexity index is 813. The Morgan fingerprint density at radius 2 is 2.12 bits per heavy atom. The monoisotopic (exact) mass is 375 g/mol. The number of ether oxygens (including phenoxy) is 1. The van der Waals surface area contributed by atoms with Crippen LogP contribution in [0.3, 0.4) is 0 Å². The summed E-state index contributed by atoms with van der Waals surface area (Å²) in [6.07, 6.45) is 3.69. The van der Waals surface area contributed by atoms with E-state index in [0.29, 0.717) is 11.5 Å². The van der Waals surface area contributed by atoms with Gasteiger partial charge in [-0.25, -0.2) is 4.79 Å².